The molecule has 3 amide bonds. The first-order chi connectivity index (χ1) is 9.32. The van der Waals surface area contributed by atoms with Crippen molar-refractivity contribution in [2.24, 2.45) is 11.8 Å². The standard InChI is InChI=1S/C13H25N3O4/c1-9(2)7-15-11(17)8-16-13(20)14-6-4-5-10(3)12(18)19/h9-10H,4-8H2,1-3H3,(H,15,17)(H,18,19)(H2,14,16,20). The number of carbonyl (C=O) groups excluding carboxylic acids is 2. The van der Waals surface area contributed by atoms with Gasteiger partial charge in [0, 0.05) is 13.1 Å². The quantitative estimate of drug-likeness (QED) is 0.465. The van der Waals surface area contributed by atoms with Gasteiger partial charge in [-0.2, -0.15) is 0 Å². The SMILES string of the molecule is CC(C)CNC(=O)CNC(=O)NCCCC(C)C(=O)O. The van der Waals surface area contributed by atoms with Crippen LogP contribution >= 0.6 is 0 Å². The molecule has 0 aliphatic carbocycles. The zero-order chi connectivity index (χ0) is 15.5. The van der Waals surface area contributed by atoms with E-state index >= 15 is 0 Å². The lowest BCUT2D eigenvalue weighted by atomic mass is 10.1. The first kappa shape index (κ1) is 18.2. The van der Waals surface area contributed by atoms with Gasteiger partial charge in [-0.05, 0) is 18.8 Å². The molecule has 4 N–H and O–H groups in total. The topological polar surface area (TPSA) is 108 Å². The molecular formula is C13H25N3O4. The van der Waals surface area contributed by atoms with Crippen LogP contribution in [0.2, 0.25) is 0 Å². The van der Waals surface area contributed by atoms with Crippen molar-refractivity contribution in [1.82, 2.24) is 16.0 Å². The molecule has 7 nitrogen and oxygen atoms in total. The molecule has 0 radical (unpaired) electrons. The maximum absolute atomic E-state index is 11.3. The van der Waals surface area contributed by atoms with Crippen molar-refractivity contribution >= 4 is 17.9 Å². The predicted molar refractivity (Wildman–Crippen MR) is 75.3 cm³/mol. The van der Waals surface area contributed by atoms with E-state index in [-0.39, 0.29) is 12.5 Å². The van der Waals surface area contributed by atoms with Crippen LogP contribution in [0.1, 0.15) is 33.6 Å². The van der Waals surface area contributed by atoms with Crippen LogP contribution in [-0.4, -0.2) is 42.6 Å². The van der Waals surface area contributed by atoms with E-state index in [9.17, 15) is 14.4 Å². The predicted octanol–water partition coefficient (Wildman–Crippen LogP) is 0.559. The Bertz CT molecular complexity index is 332. The minimum absolute atomic E-state index is 0.0654. The Labute approximate surface area is 119 Å². The molecule has 0 fully saturated rings. The molecule has 0 bridgehead atoms. The summed E-state index contributed by atoms with van der Waals surface area (Å²) in [6, 6.07) is -0.423. The summed E-state index contributed by atoms with van der Waals surface area (Å²) in [5.41, 5.74) is 0. The van der Waals surface area contributed by atoms with E-state index < -0.39 is 17.9 Å². The zero-order valence-electron chi connectivity index (χ0n) is 12.4. The Morgan fingerprint density at radius 2 is 1.70 bits per heavy atom. The molecule has 0 saturated heterocycles. The van der Waals surface area contributed by atoms with E-state index in [0.717, 1.165) is 0 Å². The molecule has 0 aromatic heterocycles. The number of urea groups is 1. The molecule has 7 heteroatoms. The molecule has 0 aromatic rings. The second kappa shape index (κ2) is 10.1. The monoisotopic (exact) mass is 287 g/mol. The third kappa shape index (κ3) is 10.2. The fourth-order valence-electron chi connectivity index (χ4n) is 1.34. The van der Waals surface area contributed by atoms with Crippen LogP contribution in [0.15, 0.2) is 0 Å². The number of aliphatic carboxylic acids is 1. The van der Waals surface area contributed by atoms with Gasteiger partial charge >= 0.3 is 12.0 Å². The lowest BCUT2D eigenvalue weighted by molar-refractivity contribution is -0.141. The molecule has 0 saturated carbocycles. The third-order valence-corrected chi connectivity index (χ3v) is 2.64. The highest BCUT2D eigenvalue weighted by Crippen LogP contribution is 2.03. The van der Waals surface area contributed by atoms with Crippen LogP contribution in [0.25, 0.3) is 0 Å². The van der Waals surface area contributed by atoms with Crippen molar-refractivity contribution in [3.63, 3.8) is 0 Å². The van der Waals surface area contributed by atoms with E-state index in [2.05, 4.69) is 16.0 Å². The molecule has 0 aliphatic rings. The number of carboxylic acids is 1. The Morgan fingerprint density at radius 1 is 1.05 bits per heavy atom. The van der Waals surface area contributed by atoms with E-state index in [1.807, 2.05) is 13.8 Å². The van der Waals surface area contributed by atoms with Gasteiger partial charge in [-0.1, -0.05) is 20.8 Å². The molecule has 0 aliphatic heterocycles. The fraction of sp³-hybridized carbons (Fsp3) is 0.769. The lowest BCUT2D eigenvalue weighted by Gasteiger charge is -2.10. The van der Waals surface area contributed by atoms with Gasteiger partial charge in [0.15, 0.2) is 0 Å². The molecule has 0 spiro atoms. The van der Waals surface area contributed by atoms with Crippen LogP contribution in [0.4, 0.5) is 4.79 Å². The zero-order valence-corrected chi connectivity index (χ0v) is 12.4. The Kier molecular flexibility index (Phi) is 9.15. The molecule has 116 valence electrons. The molecule has 0 heterocycles. The molecule has 1 unspecified atom stereocenters. The molecule has 20 heavy (non-hydrogen) atoms. The lowest BCUT2D eigenvalue weighted by Crippen LogP contribution is -2.43. The number of carbonyl (C=O) groups is 3. The van der Waals surface area contributed by atoms with Crippen LogP contribution in [0.5, 0.6) is 0 Å². The van der Waals surface area contributed by atoms with Gasteiger partial charge in [0.2, 0.25) is 5.91 Å². The number of rotatable bonds is 9. The number of nitrogens with one attached hydrogen (secondary N) is 3. The summed E-state index contributed by atoms with van der Waals surface area (Å²) in [7, 11) is 0. The highest BCUT2D eigenvalue weighted by molar-refractivity contribution is 5.83. The molecule has 1 atom stereocenters. The van der Waals surface area contributed by atoms with Crippen molar-refractivity contribution in [2.45, 2.75) is 33.6 Å². The summed E-state index contributed by atoms with van der Waals surface area (Å²) in [5, 5.41) is 16.4. The van der Waals surface area contributed by atoms with Crippen molar-refractivity contribution in [2.75, 3.05) is 19.6 Å². The van der Waals surface area contributed by atoms with Crippen LogP contribution in [0.3, 0.4) is 0 Å². The van der Waals surface area contributed by atoms with Gasteiger partial charge in [0.25, 0.3) is 0 Å². The van der Waals surface area contributed by atoms with Gasteiger partial charge < -0.3 is 21.1 Å². The smallest absolute Gasteiger partial charge is 0.315 e. The summed E-state index contributed by atoms with van der Waals surface area (Å²) in [5.74, 6) is -1.12. The summed E-state index contributed by atoms with van der Waals surface area (Å²) in [4.78, 5) is 33.2. The highest BCUT2D eigenvalue weighted by atomic mass is 16.4. The van der Waals surface area contributed by atoms with Crippen LogP contribution in [0, 0.1) is 11.8 Å². The average molecular weight is 287 g/mol. The van der Waals surface area contributed by atoms with Crippen molar-refractivity contribution in [3.05, 3.63) is 0 Å². The minimum atomic E-state index is -0.837. The number of amides is 3. The average Bonchev–Trinajstić information content (AvgIpc) is 2.38. The van der Waals surface area contributed by atoms with Crippen molar-refractivity contribution < 1.29 is 19.5 Å². The van der Waals surface area contributed by atoms with Crippen LogP contribution < -0.4 is 16.0 Å². The first-order valence-electron chi connectivity index (χ1n) is 6.84. The minimum Gasteiger partial charge on any atom is -0.481 e. The van der Waals surface area contributed by atoms with Gasteiger partial charge in [0.05, 0.1) is 12.5 Å². The third-order valence-electron chi connectivity index (χ3n) is 2.64. The highest BCUT2D eigenvalue weighted by Gasteiger charge is 2.10. The molecule has 0 rings (SSSR count). The normalized spacial score (nSPS) is 11.8. The summed E-state index contributed by atoms with van der Waals surface area (Å²) >= 11 is 0. The van der Waals surface area contributed by atoms with E-state index in [1.54, 1.807) is 6.92 Å². The van der Waals surface area contributed by atoms with E-state index in [4.69, 9.17) is 5.11 Å². The largest absolute Gasteiger partial charge is 0.481 e. The number of carboxylic acid groups (broad SMARTS) is 1. The Balaban J connectivity index is 3.59. The maximum atomic E-state index is 11.3. The Morgan fingerprint density at radius 3 is 2.25 bits per heavy atom. The van der Waals surface area contributed by atoms with Gasteiger partial charge in [-0.3, -0.25) is 9.59 Å². The fourth-order valence-corrected chi connectivity index (χ4v) is 1.34. The van der Waals surface area contributed by atoms with Gasteiger partial charge in [-0.15, -0.1) is 0 Å². The first-order valence-corrected chi connectivity index (χ1v) is 6.84. The van der Waals surface area contributed by atoms with Gasteiger partial charge in [-0.25, -0.2) is 4.79 Å². The maximum Gasteiger partial charge on any atom is 0.315 e. The van der Waals surface area contributed by atoms with E-state index in [1.165, 1.54) is 0 Å². The van der Waals surface area contributed by atoms with Crippen molar-refractivity contribution in [3.8, 4) is 0 Å². The summed E-state index contributed by atoms with van der Waals surface area (Å²) in [6.45, 7) is 6.49. The van der Waals surface area contributed by atoms with Crippen LogP contribution in [-0.2, 0) is 9.59 Å². The van der Waals surface area contributed by atoms with Gasteiger partial charge in [0.1, 0.15) is 0 Å². The molecular weight excluding hydrogens is 262 g/mol. The summed E-state index contributed by atoms with van der Waals surface area (Å²) in [6.07, 6.45) is 1.09. The number of hydrogen-bond acceptors (Lipinski definition) is 3. The Hall–Kier alpha value is -1.79. The second-order valence-electron chi connectivity index (χ2n) is 5.19. The molecule has 0 aromatic carbocycles. The number of hydrogen-bond donors (Lipinski definition) is 4. The van der Waals surface area contributed by atoms with E-state index in [0.29, 0.717) is 31.8 Å². The second-order valence-corrected chi connectivity index (χ2v) is 5.19. The van der Waals surface area contributed by atoms with Crippen molar-refractivity contribution in [1.29, 1.82) is 0 Å². The summed E-state index contributed by atoms with van der Waals surface area (Å²) < 4.78 is 0.